The van der Waals surface area contributed by atoms with Crippen LogP contribution in [0.5, 0.6) is 0 Å². The van der Waals surface area contributed by atoms with E-state index in [9.17, 15) is 0 Å². The Morgan fingerprint density at radius 1 is 1.35 bits per heavy atom. The van der Waals surface area contributed by atoms with Gasteiger partial charge in [-0.1, -0.05) is 13.8 Å². The molecule has 0 saturated heterocycles. The number of aryl methyl sites for hydroxylation is 1. The lowest BCUT2D eigenvalue weighted by atomic mass is 10.2. The van der Waals surface area contributed by atoms with E-state index in [2.05, 4.69) is 29.5 Å². The number of nitrogen functional groups attached to an aromatic ring is 1. The summed E-state index contributed by atoms with van der Waals surface area (Å²) in [6.45, 7) is 4.32. The first-order chi connectivity index (χ1) is 9.74. The summed E-state index contributed by atoms with van der Waals surface area (Å²) in [7, 11) is 0. The predicted octanol–water partition coefficient (Wildman–Crippen LogP) is 3.64. The quantitative estimate of drug-likeness (QED) is 0.745. The zero-order valence-corrected chi connectivity index (χ0v) is 12.5. The summed E-state index contributed by atoms with van der Waals surface area (Å²) >= 11 is 1.70. The lowest BCUT2D eigenvalue weighted by Crippen LogP contribution is -2.12. The molecule has 0 bridgehead atoms. The van der Waals surface area contributed by atoms with E-state index in [1.165, 1.54) is 0 Å². The second-order valence-corrected chi connectivity index (χ2v) is 5.72. The molecular weight excluding hydrogens is 268 g/mol. The SMILES string of the molecule is CCc1nc2cc(N)ccc2n1C(CC)c1nccs1. The molecular formula is C15H18N4S. The highest BCUT2D eigenvalue weighted by atomic mass is 32.1. The van der Waals surface area contributed by atoms with Gasteiger partial charge >= 0.3 is 0 Å². The molecule has 5 heteroatoms. The number of rotatable bonds is 4. The number of aromatic nitrogens is 3. The van der Waals surface area contributed by atoms with E-state index in [-0.39, 0.29) is 6.04 Å². The number of nitrogens with zero attached hydrogens (tertiary/aromatic N) is 3. The molecule has 0 aliphatic heterocycles. The molecule has 104 valence electrons. The van der Waals surface area contributed by atoms with E-state index < -0.39 is 0 Å². The third kappa shape index (κ3) is 2.08. The largest absolute Gasteiger partial charge is 0.399 e. The molecule has 0 saturated carbocycles. The van der Waals surface area contributed by atoms with Crippen LogP contribution in [0.4, 0.5) is 5.69 Å². The summed E-state index contributed by atoms with van der Waals surface area (Å²) < 4.78 is 2.31. The lowest BCUT2D eigenvalue weighted by molar-refractivity contribution is 0.555. The van der Waals surface area contributed by atoms with Gasteiger partial charge < -0.3 is 10.3 Å². The van der Waals surface area contributed by atoms with Crippen molar-refractivity contribution in [1.82, 2.24) is 14.5 Å². The van der Waals surface area contributed by atoms with Crippen molar-refractivity contribution in [2.45, 2.75) is 32.7 Å². The van der Waals surface area contributed by atoms with Crippen LogP contribution in [0, 0.1) is 0 Å². The molecule has 1 atom stereocenters. The van der Waals surface area contributed by atoms with Gasteiger partial charge in [0.15, 0.2) is 0 Å². The van der Waals surface area contributed by atoms with Gasteiger partial charge in [0, 0.05) is 23.7 Å². The Hall–Kier alpha value is -1.88. The highest BCUT2D eigenvalue weighted by Crippen LogP contribution is 2.30. The van der Waals surface area contributed by atoms with E-state index in [1.807, 2.05) is 23.7 Å². The molecule has 0 aliphatic carbocycles. The van der Waals surface area contributed by atoms with Crippen LogP contribution in [0.15, 0.2) is 29.8 Å². The minimum atomic E-state index is 0.249. The molecule has 20 heavy (non-hydrogen) atoms. The number of thiazole rings is 1. The molecule has 3 aromatic rings. The molecule has 0 fully saturated rings. The van der Waals surface area contributed by atoms with Gasteiger partial charge in [-0.25, -0.2) is 9.97 Å². The molecule has 2 N–H and O–H groups in total. The maximum absolute atomic E-state index is 5.87. The van der Waals surface area contributed by atoms with Gasteiger partial charge in [0.1, 0.15) is 10.8 Å². The Kier molecular flexibility index (Phi) is 3.44. The number of benzene rings is 1. The van der Waals surface area contributed by atoms with Crippen LogP contribution in [0.2, 0.25) is 0 Å². The molecule has 1 unspecified atom stereocenters. The fraction of sp³-hybridized carbons (Fsp3) is 0.333. The molecule has 1 aromatic carbocycles. The summed E-state index contributed by atoms with van der Waals surface area (Å²) in [5.41, 5.74) is 8.73. The summed E-state index contributed by atoms with van der Waals surface area (Å²) in [5, 5.41) is 3.17. The first-order valence-electron chi connectivity index (χ1n) is 6.90. The summed E-state index contributed by atoms with van der Waals surface area (Å²) in [4.78, 5) is 9.22. The monoisotopic (exact) mass is 286 g/mol. The van der Waals surface area contributed by atoms with Gasteiger partial charge in [-0.3, -0.25) is 0 Å². The van der Waals surface area contributed by atoms with Crippen molar-refractivity contribution in [3.63, 3.8) is 0 Å². The fourth-order valence-electron chi connectivity index (χ4n) is 2.63. The Morgan fingerprint density at radius 3 is 2.85 bits per heavy atom. The van der Waals surface area contributed by atoms with Crippen LogP contribution in [-0.2, 0) is 6.42 Å². The van der Waals surface area contributed by atoms with E-state index in [0.717, 1.165) is 40.4 Å². The molecule has 2 heterocycles. The van der Waals surface area contributed by atoms with Gasteiger partial charge in [0.25, 0.3) is 0 Å². The molecule has 0 spiro atoms. The van der Waals surface area contributed by atoms with E-state index >= 15 is 0 Å². The topological polar surface area (TPSA) is 56.7 Å². The first-order valence-corrected chi connectivity index (χ1v) is 7.78. The Balaban J connectivity index is 2.22. The Morgan fingerprint density at radius 2 is 2.20 bits per heavy atom. The predicted molar refractivity (Wildman–Crippen MR) is 84.1 cm³/mol. The number of imidazole rings is 1. The first kappa shape index (κ1) is 13.1. The van der Waals surface area contributed by atoms with Crippen LogP contribution in [0.25, 0.3) is 11.0 Å². The van der Waals surface area contributed by atoms with Gasteiger partial charge in [-0.05, 0) is 24.6 Å². The van der Waals surface area contributed by atoms with Crippen molar-refractivity contribution < 1.29 is 0 Å². The molecule has 3 rings (SSSR count). The van der Waals surface area contributed by atoms with Crippen LogP contribution in [0.3, 0.4) is 0 Å². The van der Waals surface area contributed by atoms with Crippen LogP contribution in [-0.4, -0.2) is 14.5 Å². The second kappa shape index (κ2) is 5.25. The maximum atomic E-state index is 5.87. The van der Waals surface area contributed by atoms with Gasteiger partial charge in [0.2, 0.25) is 0 Å². The summed E-state index contributed by atoms with van der Waals surface area (Å²) in [6.07, 6.45) is 3.76. The molecule has 0 amide bonds. The number of hydrogen-bond donors (Lipinski definition) is 1. The zero-order chi connectivity index (χ0) is 14.1. The Labute approximate surface area is 122 Å². The summed E-state index contributed by atoms with van der Waals surface area (Å²) in [5.74, 6) is 1.09. The van der Waals surface area contributed by atoms with E-state index in [0.29, 0.717) is 0 Å². The number of fused-ring (bicyclic) bond motifs is 1. The Bertz CT molecular complexity index is 715. The number of hydrogen-bond acceptors (Lipinski definition) is 4. The second-order valence-electron chi connectivity index (χ2n) is 4.79. The van der Waals surface area contributed by atoms with Crippen molar-refractivity contribution in [1.29, 1.82) is 0 Å². The van der Waals surface area contributed by atoms with Gasteiger partial charge in [0.05, 0.1) is 17.1 Å². The molecule has 0 aliphatic rings. The van der Waals surface area contributed by atoms with Crippen molar-refractivity contribution in [2.75, 3.05) is 5.73 Å². The highest BCUT2D eigenvalue weighted by molar-refractivity contribution is 7.09. The molecule has 2 aromatic heterocycles. The van der Waals surface area contributed by atoms with E-state index in [4.69, 9.17) is 10.7 Å². The minimum absolute atomic E-state index is 0.249. The third-order valence-corrected chi connectivity index (χ3v) is 4.41. The van der Waals surface area contributed by atoms with Crippen molar-refractivity contribution in [3.8, 4) is 0 Å². The third-order valence-electron chi connectivity index (χ3n) is 3.54. The zero-order valence-electron chi connectivity index (χ0n) is 11.7. The number of nitrogens with two attached hydrogens (primary N) is 1. The minimum Gasteiger partial charge on any atom is -0.399 e. The normalized spacial score (nSPS) is 12.9. The standard InChI is InChI=1S/C15H18N4S/c1-3-12(15-17-7-8-20-15)19-13-6-5-10(16)9-11(13)18-14(19)4-2/h5-9,12H,3-4,16H2,1-2H3. The van der Waals surface area contributed by atoms with Crippen LogP contribution >= 0.6 is 11.3 Å². The van der Waals surface area contributed by atoms with Crippen molar-refractivity contribution >= 4 is 28.1 Å². The lowest BCUT2D eigenvalue weighted by Gasteiger charge is -2.18. The van der Waals surface area contributed by atoms with Crippen molar-refractivity contribution in [3.05, 3.63) is 40.6 Å². The van der Waals surface area contributed by atoms with E-state index in [1.54, 1.807) is 11.3 Å². The smallest absolute Gasteiger partial charge is 0.115 e. The summed E-state index contributed by atoms with van der Waals surface area (Å²) in [6, 6.07) is 6.19. The average Bonchev–Trinajstić information content (AvgIpc) is 3.08. The van der Waals surface area contributed by atoms with Crippen LogP contribution < -0.4 is 5.73 Å². The van der Waals surface area contributed by atoms with Crippen molar-refractivity contribution in [2.24, 2.45) is 0 Å². The maximum Gasteiger partial charge on any atom is 0.115 e. The van der Waals surface area contributed by atoms with Gasteiger partial charge in [-0.15, -0.1) is 11.3 Å². The number of anilines is 1. The average molecular weight is 286 g/mol. The molecule has 4 nitrogen and oxygen atoms in total. The highest BCUT2D eigenvalue weighted by Gasteiger charge is 2.20. The fourth-order valence-corrected chi connectivity index (χ4v) is 3.44. The van der Waals surface area contributed by atoms with Gasteiger partial charge in [-0.2, -0.15) is 0 Å². The molecule has 0 radical (unpaired) electrons. The van der Waals surface area contributed by atoms with Crippen LogP contribution in [0.1, 0.15) is 37.1 Å².